The molecule has 2 aliphatic carbocycles. The molecule has 2 aromatic carbocycles. The van der Waals surface area contributed by atoms with E-state index in [4.69, 9.17) is 4.74 Å². The molecule has 3 amide bonds. The Kier molecular flexibility index (Phi) is 5.64. The van der Waals surface area contributed by atoms with E-state index in [1.54, 1.807) is 24.3 Å². The molecular formula is C26H23BrN2O5. The maximum Gasteiger partial charge on any atom is 0.338 e. The molecule has 0 unspecified atom stereocenters. The Bertz CT molecular complexity index is 1250. The molecule has 2 aromatic rings. The zero-order chi connectivity index (χ0) is 24.1. The van der Waals surface area contributed by atoms with Gasteiger partial charge in [0.2, 0.25) is 11.8 Å². The van der Waals surface area contributed by atoms with Crippen molar-refractivity contribution in [2.24, 2.45) is 23.7 Å². The first-order valence-corrected chi connectivity index (χ1v) is 11.9. The number of esters is 1. The Hall–Kier alpha value is -3.26. The number of hydrogen-bond acceptors (Lipinski definition) is 5. The fourth-order valence-corrected chi connectivity index (χ4v) is 5.66. The van der Waals surface area contributed by atoms with Crippen molar-refractivity contribution >= 4 is 51.0 Å². The van der Waals surface area contributed by atoms with E-state index in [0.29, 0.717) is 11.4 Å². The minimum atomic E-state index is -0.664. The number of nitrogens with zero attached hydrogens (tertiary/aromatic N) is 1. The molecule has 1 saturated heterocycles. The third kappa shape index (κ3) is 3.76. The number of hydrogen-bond donors (Lipinski definition) is 1. The van der Waals surface area contributed by atoms with Crippen LogP contribution in [0.5, 0.6) is 0 Å². The summed E-state index contributed by atoms with van der Waals surface area (Å²) in [6.45, 7) is 3.50. The van der Waals surface area contributed by atoms with Crippen LogP contribution >= 0.6 is 15.9 Å². The number of imide groups is 1. The molecule has 1 N–H and O–H groups in total. The van der Waals surface area contributed by atoms with Crippen molar-refractivity contribution in [3.63, 3.8) is 0 Å². The van der Waals surface area contributed by atoms with E-state index in [1.807, 2.05) is 19.9 Å². The Morgan fingerprint density at radius 1 is 1.06 bits per heavy atom. The number of carbonyl (C=O) groups excluding carboxylic acids is 4. The van der Waals surface area contributed by atoms with Crippen molar-refractivity contribution in [3.8, 4) is 0 Å². The second kappa shape index (κ2) is 8.51. The zero-order valence-corrected chi connectivity index (χ0v) is 20.3. The second-order valence-corrected chi connectivity index (χ2v) is 9.97. The lowest BCUT2D eigenvalue weighted by Gasteiger charge is -2.19. The van der Waals surface area contributed by atoms with Crippen molar-refractivity contribution in [1.29, 1.82) is 0 Å². The SMILES string of the molecule is CC1=C[C@H]2C[C@H]1[C@@H]1C(=O)N(c3ccc(C(=O)OCC(=O)Nc4ccc(Br)c(C)c4)cc3)C(=O)[C@H]12. The lowest BCUT2D eigenvalue weighted by atomic mass is 9.82. The first kappa shape index (κ1) is 22.5. The molecule has 0 radical (unpaired) electrons. The highest BCUT2D eigenvalue weighted by atomic mass is 79.9. The summed E-state index contributed by atoms with van der Waals surface area (Å²) in [4.78, 5) is 51.9. The summed E-state index contributed by atoms with van der Waals surface area (Å²) in [5, 5.41) is 2.68. The van der Waals surface area contributed by atoms with Gasteiger partial charge in [-0.15, -0.1) is 0 Å². The highest BCUT2D eigenvalue weighted by Gasteiger charge is 2.60. The Morgan fingerprint density at radius 2 is 1.76 bits per heavy atom. The van der Waals surface area contributed by atoms with E-state index in [0.717, 1.165) is 16.5 Å². The summed E-state index contributed by atoms with van der Waals surface area (Å²) in [7, 11) is 0. The minimum absolute atomic E-state index is 0.137. The summed E-state index contributed by atoms with van der Waals surface area (Å²) in [5.74, 6) is -1.71. The van der Waals surface area contributed by atoms with E-state index >= 15 is 0 Å². The zero-order valence-electron chi connectivity index (χ0n) is 18.7. The first-order chi connectivity index (χ1) is 16.2. The normalized spacial score (nSPS) is 24.8. The standard InChI is InChI=1S/C26H23BrN2O5/c1-13-9-16-11-19(13)23-22(16)24(31)29(25(23)32)18-6-3-15(4-7-18)26(33)34-12-21(30)28-17-5-8-20(27)14(2)10-17/h3-10,16,19,22-23H,11-12H2,1-2H3,(H,28,30)/t16-,19+,22-,23-/m0/s1. The average Bonchev–Trinajstić information content (AvgIpc) is 3.45. The fraction of sp³-hybridized carbons (Fsp3) is 0.308. The second-order valence-electron chi connectivity index (χ2n) is 9.12. The summed E-state index contributed by atoms with van der Waals surface area (Å²) in [6.07, 6.45) is 3.01. The van der Waals surface area contributed by atoms with Crippen molar-refractivity contribution in [1.82, 2.24) is 0 Å². The van der Waals surface area contributed by atoms with Crippen LogP contribution < -0.4 is 10.2 Å². The molecule has 0 spiro atoms. The molecule has 2 bridgehead atoms. The van der Waals surface area contributed by atoms with Crippen molar-refractivity contribution in [2.45, 2.75) is 20.3 Å². The number of fused-ring (bicyclic) bond motifs is 5. The van der Waals surface area contributed by atoms with Gasteiger partial charge in [-0.05, 0) is 80.1 Å². The number of halogens is 1. The molecule has 4 atom stereocenters. The maximum atomic E-state index is 13.1. The highest BCUT2D eigenvalue weighted by Crippen LogP contribution is 2.55. The third-order valence-electron chi connectivity index (χ3n) is 7.02. The lowest BCUT2D eigenvalue weighted by Crippen LogP contribution is -2.33. The smallest absolute Gasteiger partial charge is 0.338 e. The molecule has 2 fully saturated rings. The maximum absolute atomic E-state index is 13.1. The molecule has 34 heavy (non-hydrogen) atoms. The molecule has 0 aromatic heterocycles. The number of anilines is 2. The number of benzene rings is 2. The molecule has 1 heterocycles. The number of rotatable bonds is 5. The molecule has 174 valence electrons. The number of carbonyl (C=O) groups is 4. The summed E-state index contributed by atoms with van der Waals surface area (Å²) in [5.41, 5.74) is 3.45. The van der Waals surface area contributed by atoms with Crippen LogP contribution in [-0.2, 0) is 19.1 Å². The van der Waals surface area contributed by atoms with E-state index in [2.05, 4.69) is 27.3 Å². The van der Waals surface area contributed by atoms with Gasteiger partial charge in [0.05, 0.1) is 23.1 Å². The van der Waals surface area contributed by atoms with Gasteiger partial charge in [0, 0.05) is 10.2 Å². The van der Waals surface area contributed by atoms with E-state index < -0.39 is 18.5 Å². The third-order valence-corrected chi connectivity index (χ3v) is 7.91. The van der Waals surface area contributed by atoms with Gasteiger partial charge in [0.1, 0.15) is 0 Å². The predicted molar refractivity (Wildman–Crippen MR) is 129 cm³/mol. The van der Waals surface area contributed by atoms with Crippen LogP contribution in [0.15, 0.2) is 58.6 Å². The van der Waals surface area contributed by atoms with Crippen molar-refractivity contribution in [3.05, 3.63) is 69.7 Å². The molecule has 1 aliphatic heterocycles. The van der Waals surface area contributed by atoms with Crippen LogP contribution in [0.1, 0.15) is 29.3 Å². The molecule has 8 heteroatoms. The summed E-state index contributed by atoms with van der Waals surface area (Å²) < 4.78 is 6.05. The van der Waals surface area contributed by atoms with Gasteiger partial charge in [-0.3, -0.25) is 19.3 Å². The number of amides is 3. The molecule has 5 rings (SSSR count). The van der Waals surface area contributed by atoms with Gasteiger partial charge in [-0.1, -0.05) is 27.6 Å². The van der Waals surface area contributed by atoms with Gasteiger partial charge >= 0.3 is 5.97 Å². The highest BCUT2D eigenvalue weighted by molar-refractivity contribution is 9.10. The van der Waals surface area contributed by atoms with Gasteiger partial charge in [0.25, 0.3) is 5.91 Å². The topological polar surface area (TPSA) is 92.8 Å². The van der Waals surface area contributed by atoms with Crippen LogP contribution in [-0.4, -0.2) is 30.3 Å². The van der Waals surface area contributed by atoms with Gasteiger partial charge in [-0.25, -0.2) is 4.79 Å². The monoisotopic (exact) mass is 522 g/mol. The van der Waals surface area contributed by atoms with E-state index in [1.165, 1.54) is 22.6 Å². The first-order valence-electron chi connectivity index (χ1n) is 11.1. The molecule has 1 saturated carbocycles. The number of ether oxygens (including phenoxy) is 1. The van der Waals surface area contributed by atoms with E-state index in [9.17, 15) is 19.2 Å². The number of aryl methyl sites for hydroxylation is 1. The van der Waals surface area contributed by atoms with Crippen molar-refractivity contribution in [2.75, 3.05) is 16.8 Å². The largest absolute Gasteiger partial charge is 0.452 e. The number of allylic oxidation sites excluding steroid dienone is 2. The van der Waals surface area contributed by atoms with Crippen LogP contribution in [0, 0.1) is 30.6 Å². The van der Waals surface area contributed by atoms with Crippen LogP contribution in [0.4, 0.5) is 11.4 Å². The molecule has 7 nitrogen and oxygen atoms in total. The molecule has 3 aliphatic rings. The Labute approximate surface area is 205 Å². The van der Waals surface area contributed by atoms with Gasteiger partial charge < -0.3 is 10.1 Å². The fourth-order valence-electron chi connectivity index (χ4n) is 5.41. The van der Waals surface area contributed by atoms with Gasteiger partial charge in [-0.2, -0.15) is 0 Å². The predicted octanol–water partition coefficient (Wildman–Crippen LogP) is 4.25. The van der Waals surface area contributed by atoms with Crippen LogP contribution in [0.25, 0.3) is 0 Å². The minimum Gasteiger partial charge on any atom is -0.452 e. The molecular weight excluding hydrogens is 500 g/mol. The van der Waals surface area contributed by atoms with Crippen LogP contribution in [0.2, 0.25) is 0 Å². The van der Waals surface area contributed by atoms with Gasteiger partial charge in [0.15, 0.2) is 6.61 Å². The Morgan fingerprint density at radius 3 is 2.47 bits per heavy atom. The quantitative estimate of drug-likeness (QED) is 0.360. The lowest BCUT2D eigenvalue weighted by molar-refractivity contribution is -0.123. The summed E-state index contributed by atoms with van der Waals surface area (Å²) in [6, 6.07) is 11.5. The average molecular weight is 523 g/mol. The summed E-state index contributed by atoms with van der Waals surface area (Å²) >= 11 is 3.40. The number of nitrogens with one attached hydrogen (secondary N) is 1. The van der Waals surface area contributed by atoms with Crippen molar-refractivity contribution < 1.29 is 23.9 Å². The Balaban J connectivity index is 1.20. The van der Waals surface area contributed by atoms with Crippen LogP contribution in [0.3, 0.4) is 0 Å². The van der Waals surface area contributed by atoms with E-state index in [-0.39, 0.29) is 41.0 Å².